The van der Waals surface area contributed by atoms with Crippen molar-refractivity contribution >= 4 is 17.6 Å². The second kappa shape index (κ2) is 12.3. The summed E-state index contributed by atoms with van der Waals surface area (Å²) in [5.74, 6) is -0.262. The fraction of sp³-hybridized carbons (Fsp3) is 0.433. The van der Waals surface area contributed by atoms with Gasteiger partial charge < -0.3 is 14.7 Å². The highest BCUT2D eigenvalue weighted by atomic mass is 16.5. The van der Waals surface area contributed by atoms with Gasteiger partial charge in [0.1, 0.15) is 11.6 Å². The number of pyridine rings is 1. The van der Waals surface area contributed by atoms with Crippen LogP contribution >= 0.6 is 0 Å². The number of fused-ring (bicyclic) bond motifs is 1. The summed E-state index contributed by atoms with van der Waals surface area (Å²) >= 11 is 0. The highest BCUT2D eigenvalue weighted by Gasteiger charge is 2.47. The summed E-state index contributed by atoms with van der Waals surface area (Å²) in [6, 6.07) is 11.2. The molecule has 2 aliphatic heterocycles. The lowest BCUT2D eigenvalue weighted by molar-refractivity contribution is -0.143. The molecule has 9 nitrogen and oxygen atoms in total. The van der Waals surface area contributed by atoms with Crippen molar-refractivity contribution in [2.24, 2.45) is 5.92 Å². The van der Waals surface area contributed by atoms with Crippen molar-refractivity contribution < 1.29 is 19.4 Å². The van der Waals surface area contributed by atoms with Crippen LogP contribution in [0.3, 0.4) is 0 Å². The van der Waals surface area contributed by atoms with E-state index in [1.54, 1.807) is 35.8 Å². The Kier molecular flexibility index (Phi) is 8.46. The van der Waals surface area contributed by atoms with E-state index < -0.39 is 11.9 Å². The second-order valence-corrected chi connectivity index (χ2v) is 10.2. The molecular weight excluding hydrogens is 494 g/mol. The third kappa shape index (κ3) is 6.09. The number of nitrogens with zero attached hydrogens (tertiary/aromatic N) is 5. The number of carbonyl (C=O) groups is 2. The minimum atomic E-state index is -0.847. The van der Waals surface area contributed by atoms with E-state index in [-0.39, 0.29) is 24.4 Å². The van der Waals surface area contributed by atoms with Crippen LogP contribution in [0.4, 0.5) is 5.69 Å². The standard InChI is InChI=1S/C30H35N5O4/c1-2-3-15-35(23-6-4-12-31-18-23)28(36)20-34-19-24(21-7-9-26-22(17-21)11-16-39-26)29(30(37)38)25(34)8-10-27-32-13-5-14-33-27/h4-7,9,12-14,17-18,24-25,29H,2-3,8,10-11,15-16,19-20H2,1H3,(H,37,38)/t24-,25+,29?/m1/s1. The van der Waals surface area contributed by atoms with Crippen LogP contribution in [0.1, 0.15) is 49.1 Å². The normalized spacial score (nSPS) is 20.4. The van der Waals surface area contributed by atoms with Gasteiger partial charge >= 0.3 is 5.97 Å². The summed E-state index contributed by atoms with van der Waals surface area (Å²) in [5.41, 5.74) is 2.86. The van der Waals surface area contributed by atoms with Crippen LogP contribution in [-0.2, 0) is 22.4 Å². The second-order valence-electron chi connectivity index (χ2n) is 10.2. The van der Waals surface area contributed by atoms with Crippen molar-refractivity contribution in [3.05, 3.63) is 78.1 Å². The van der Waals surface area contributed by atoms with Crippen molar-refractivity contribution in [3.63, 3.8) is 0 Å². The highest BCUT2D eigenvalue weighted by Crippen LogP contribution is 2.41. The number of hydrogen-bond acceptors (Lipinski definition) is 7. The number of carboxylic acid groups (broad SMARTS) is 1. The molecule has 0 saturated carbocycles. The van der Waals surface area contributed by atoms with Crippen LogP contribution in [0.2, 0.25) is 0 Å². The first kappa shape index (κ1) is 26.7. The number of anilines is 1. The fourth-order valence-electron chi connectivity index (χ4n) is 5.85. The average molecular weight is 530 g/mol. The van der Waals surface area contributed by atoms with Crippen LogP contribution < -0.4 is 9.64 Å². The van der Waals surface area contributed by atoms with Gasteiger partial charge in [0.05, 0.1) is 31.0 Å². The Morgan fingerprint density at radius 3 is 2.74 bits per heavy atom. The molecule has 1 aromatic carbocycles. The zero-order valence-corrected chi connectivity index (χ0v) is 22.3. The molecule has 9 heteroatoms. The topological polar surface area (TPSA) is 109 Å². The molecule has 1 unspecified atom stereocenters. The number of ether oxygens (including phenoxy) is 1. The summed E-state index contributed by atoms with van der Waals surface area (Å²) in [5, 5.41) is 10.5. The first-order valence-electron chi connectivity index (χ1n) is 13.7. The quantitative estimate of drug-likeness (QED) is 0.400. The van der Waals surface area contributed by atoms with E-state index in [9.17, 15) is 14.7 Å². The predicted octanol–water partition coefficient (Wildman–Crippen LogP) is 3.74. The Balaban J connectivity index is 1.43. The molecule has 4 heterocycles. The number of carboxylic acids is 1. The van der Waals surface area contributed by atoms with E-state index in [2.05, 4.69) is 32.8 Å². The van der Waals surface area contributed by atoms with Crippen LogP contribution in [0.5, 0.6) is 5.75 Å². The molecule has 3 atom stereocenters. The van der Waals surface area contributed by atoms with E-state index >= 15 is 0 Å². The maximum Gasteiger partial charge on any atom is 0.308 e. The number of aliphatic carboxylic acids is 1. The Hall–Kier alpha value is -3.85. The van der Waals surface area contributed by atoms with Crippen LogP contribution in [-0.4, -0.2) is 69.1 Å². The van der Waals surface area contributed by atoms with E-state index in [1.165, 1.54) is 0 Å². The lowest BCUT2D eigenvalue weighted by Gasteiger charge is -2.29. The van der Waals surface area contributed by atoms with Crippen LogP contribution in [0.25, 0.3) is 0 Å². The molecule has 1 fully saturated rings. The maximum absolute atomic E-state index is 13.8. The molecule has 1 N–H and O–H groups in total. The van der Waals surface area contributed by atoms with Crippen molar-refractivity contribution in [1.29, 1.82) is 0 Å². The smallest absolute Gasteiger partial charge is 0.308 e. The van der Waals surface area contributed by atoms with Crippen molar-refractivity contribution in [2.45, 2.75) is 51.0 Å². The van der Waals surface area contributed by atoms with E-state index in [4.69, 9.17) is 4.74 Å². The molecule has 0 bridgehead atoms. The van der Waals surface area contributed by atoms with E-state index in [1.807, 2.05) is 24.3 Å². The summed E-state index contributed by atoms with van der Waals surface area (Å²) in [7, 11) is 0. The minimum absolute atomic E-state index is 0.0513. The summed E-state index contributed by atoms with van der Waals surface area (Å²) in [6.07, 6.45) is 10.5. The number of rotatable bonds is 11. The van der Waals surface area contributed by atoms with Gasteiger partial charge in [0, 0.05) is 56.5 Å². The lowest BCUT2D eigenvalue weighted by atomic mass is 9.83. The monoisotopic (exact) mass is 529 g/mol. The van der Waals surface area contributed by atoms with Gasteiger partial charge in [-0.1, -0.05) is 25.5 Å². The van der Waals surface area contributed by atoms with Crippen LogP contribution in [0.15, 0.2) is 61.2 Å². The highest BCUT2D eigenvalue weighted by molar-refractivity contribution is 5.94. The SMILES string of the molecule is CCCCN(C(=O)CN1C[C@H](c2ccc3c(c2)CCO3)C(C(=O)O)[C@@H]1CCc1ncccn1)c1cccnc1. The van der Waals surface area contributed by atoms with Crippen LogP contribution in [0, 0.1) is 5.92 Å². The van der Waals surface area contributed by atoms with Gasteiger partial charge in [-0.05, 0) is 48.2 Å². The molecule has 39 heavy (non-hydrogen) atoms. The maximum atomic E-state index is 13.8. The molecule has 0 aliphatic carbocycles. The number of aromatic nitrogens is 3. The molecule has 5 rings (SSSR count). The number of aryl methyl sites for hydroxylation is 1. The Morgan fingerprint density at radius 2 is 2.00 bits per heavy atom. The van der Waals surface area contributed by atoms with Gasteiger partial charge in [-0.15, -0.1) is 0 Å². The molecule has 3 aromatic rings. The van der Waals surface area contributed by atoms with E-state index in [0.717, 1.165) is 41.8 Å². The van der Waals surface area contributed by atoms with Crippen molar-refractivity contribution in [3.8, 4) is 5.75 Å². The Bertz CT molecular complexity index is 1270. The predicted molar refractivity (Wildman–Crippen MR) is 147 cm³/mol. The average Bonchev–Trinajstić information content (AvgIpc) is 3.57. The third-order valence-corrected chi connectivity index (χ3v) is 7.79. The largest absolute Gasteiger partial charge is 0.493 e. The lowest BCUT2D eigenvalue weighted by Crippen LogP contribution is -2.44. The zero-order valence-electron chi connectivity index (χ0n) is 22.3. The third-order valence-electron chi connectivity index (χ3n) is 7.79. The molecule has 0 radical (unpaired) electrons. The molecule has 2 aliphatic rings. The number of carbonyl (C=O) groups excluding carboxylic acids is 1. The zero-order chi connectivity index (χ0) is 27.2. The van der Waals surface area contributed by atoms with Gasteiger partial charge in [0.15, 0.2) is 0 Å². The molecule has 0 spiro atoms. The van der Waals surface area contributed by atoms with Gasteiger partial charge in [-0.3, -0.25) is 19.5 Å². The Labute approximate surface area is 228 Å². The first-order valence-corrected chi connectivity index (χ1v) is 13.7. The van der Waals surface area contributed by atoms with Crippen molar-refractivity contribution in [2.75, 3.05) is 31.1 Å². The summed E-state index contributed by atoms with van der Waals surface area (Å²) in [4.78, 5) is 43.3. The van der Waals surface area contributed by atoms with E-state index in [0.29, 0.717) is 38.4 Å². The first-order chi connectivity index (χ1) is 19.0. The van der Waals surface area contributed by atoms with Gasteiger partial charge in [-0.25, -0.2) is 9.97 Å². The molecule has 2 aromatic heterocycles. The summed E-state index contributed by atoms with van der Waals surface area (Å²) < 4.78 is 5.68. The molecule has 204 valence electrons. The van der Waals surface area contributed by atoms with Gasteiger partial charge in [-0.2, -0.15) is 0 Å². The molecular formula is C30H35N5O4. The number of hydrogen-bond donors (Lipinski definition) is 1. The number of benzene rings is 1. The number of unbranched alkanes of at least 4 members (excludes halogenated alkanes) is 1. The minimum Gasteiger partial charge on any atom is -0.493 e. The fourth-order valence-corrected chi connectivity index (χ4v) is 5.85. The van der Waals surface area contributed by atoms with Gasteiger partial charge in [0.25, 0.3) is 0 Å². The number of likely N-dealkylation sites (tertiary alicyclic amines) is 1. The molecule has 1 amide bonds. The number of amides is 1. The van der Waals surface area contributed by atoms with Gasteiger partial charge in [0.2, 0.25) is 5.91 Å². The molecule has 1 saturated heterocycles. The summed E-state index contributed by atoms with van der Waals surface area (Å²) in [6.45, 7) is 3.95. The Morgan fingerprint density at radius 1 is 1.15 bits per heavy atom. The van der Waals surface area contributed by atoms with Crippen molar-refractivity contribution in [1.82, 2.24) is 19.9 Å².